The fraction of sp³-hybridized carbons (Fsp3) is 0.286. The Morgan fingerprint density at radius 1 is 1.07 bits per heavy atom. The Bertz CT molecular complexity index is 877. The molecule has 7 heteroatoms. The average Bonchev–Trinajstić information content (AvgIpc) is 2.62. The summed E-state index contributed by atoms with van der Waals surface area (Å²) < 4.78 is 5.13. The topological polar surface area (TPSA) is 95.9 Å². The van der Waals surface area contributed by atoms with Crippen LogP contribution in [-0.4, -0.2) is 47.5 Å². The number of likely N-dealkylation sites (N-methyl/N-ethyl adjacent to an activating group) is 1. The van der Waals surface area contributed by atoms with Crippen LogP contribution in [0.15, 0.2) is 42.5 Å². The van der Waals surface area contributed by atoms with E-state index in [0.29, 0.717) is 5.69 Å². The predicted molar refractivity (Wildman–Crippen MR) is 105 cm³/mol. The number of phenols is 1. The maximum atomic E-state index is 12.4. The summed E-state index contributed by atoms with van der Waals surface area (Å²) in [6.07, 6.45) is -1.11. The highest BCUT2D eigenvalue weighted by atomic mass is 16.5. The fourth-order valence-electron chi connectivity index (χ4n) is 2.53. The minimum absolute atomic E-state index is 0.0231. The number of aromatic hydroxyl groups is 1. The molecule has 28 heavy (non-hydrogen) atoms. The van der Waals surface area contributed by atoms with E-state index < -0.39 is 18.0 Å². The number of carbonyl (C=O) groups excluding carboxylic acids is 3. The molecule has 0 aliphatic rings. The van der Waals surface area contributed by atoms with Crippen molar-refractivity contribution >= 4 is 23.5 Å². The Balaban J connectivity index is 1.91. The second-order valence-corrected chi connectivity index (χ2v) is 6.68. The van der Waals surface area contributed by atoms with Crippen LogP contribution in [0.3, 0.4) is 0 Å². The molecule has 1 atom stereocenters. The van der Waals surface area contributed by atoms with Crippen molar-refractivity contribution < 1.29 is 24.2 Å². The lowest BCUT2D eigenvalue weighted by molar-refractivity contribution is -0.140. The van der Waals surface area contributed by atoms with E-state index >= 15 is 0 Å². The van der Waals surface area contributed by atoms with Crippen molar-refractivity contribution in [3.05, 3.63) is 59.2 Å². The first kappa shape index (κ1) is 21.0. The molecule has 0 bridgehead atoms. The molecule has 2 rings (SSSR count). The minimum atomic E-state index is -1.11. The van der Waals surface area contributed by atoms with E-state index in [1.165, 1.54) is 31.0 Å². The van der Waals surface area contributed by atoms with Crippen molar-refractivity contribution in [3.8, 4) is 5.75 Å². The molecule has 0 saturated carbocycles. The van der Waals surface area contributed by atoms with Gasteiger partial charge >= 0.3 is 5.97 Å². The molecule has 0 saturated heterocycles. The lowest BCUT2D eigenvalue weighted by atomic mass is 10.1. The second kappa shape index (κ2) is 9.03. The van der Waals surface area contributed by atoms with Crippen molar-refractivity contribution in [1.82, 2.24) is 4.90 Å². The number of nitrogens with one attached hydrogen (secondary N) is 1. The van der Waals surface area contributed by atoms with Crippen molar-refractivity contribution in [2.24, 2.45) is 0 Å². The molecule has 2 aromatic rings. The summed E-state index contributed by atoms with van der Waals surface area (Å²) in [5, 5.41) is 12.5. The van der Waals surface area contributed by atoms with Gasteiger partial charge in [-0.05, 0) is 50.6 Å². The normalized spacial score (nSPS) is 11.4. The van der Waals surface area contributed by atoms with E-state index in [1.807, 2.05) is 19.1 Å². The van der Waals surface area contributed by atoms with E-state index in [2.05, 4.69) is 5.32 Å². The number of ether oxygens (including phenoxy) is 1. The summed E-state index contributed by atoms with van der Waals surface area (Å²) in [7, 11) is 1.45. The third-order valence-electron chi connectivity index (χ3n) is 4.10. The van der Waals surface area contributed by atoms with Crippen LogP contribution < -0.4 is 5.32 Å². The molecule has 0 heterocycles. The molecule has 0 aromatic heterocycles. The Morgan fingerprint density at radius 2 is 1.68 bits per heavy atom. The molecule has 148 valence electrons. The summed E-state index contributed by atoms with van der Waals surface area (Å²) in [4.78, 5) is 37.8. The quantitative estimate of drug-likeness (QED) is 0.747. The van der Waals surface area contributed by atoms with Crippen molar-refractivity contribution in [2.45, 2.75) is 26.9 Å². The first-order chi connectivity index (χ1) is 13.2. The molecular weight excluding hydrogens is 360 g/mol. The summed E-state index contributed by atoms with van der Waals surface area (Å²) >= 11 is 0. The fourth-order valence-corrected chi connectivity index (χ4v) is 2.53. The molecule has 2 aromatic carbocycles. The number of hydrogen-bond acceptors (Lipinski definition) is 5. The van der Waals surface area contributed by atoms with E-state index in [-0.39, 0.29) is 23.8 Å². The molecule has 0 unspecified atom stereocenters. The van der Waals surface area contributed by atoms with Crippen LogP contribution >= 0.6 is 0 Å². The number of hydrogen-bond donors (Lipinski definition) is 2. The SMILES string of the molecule is Cc1ccc(NC(=O)CN(C)C(=O)[C@@H](C)OC(=O)c2ccc(C)cc2O)cc1. The number of benzene rings is 2. The van der Waals surface area contributed by atoms with Crippen LogP contribution in [0.2, 0.25) is 0 Å². The highest BCUT2D eigenvalue weighted by molar-refractivity contribution is 5.97. The van der Waals surface area contributed by atoms with Gasteiger partial charge in [-0.1, -0.05) is 23.8 Å². The maximum Gasteiger partial charge on any atom is 0.342 e. The highest BCUT2D eigenvalue weighted by Crippen LogP contribution is 2.20. The van der Waals surface area contributed by atoms with E-state index in [9.17, 15) is 19.5 Å². The van der Waals surface area contributed by atoms with Gasteiger partial charge in [0.1, 0.15) is 11.3 Å². The van der Waals surface area contributed by atoms with Gasteiger partial charge in [0.05, 0.1) is 6.54 Å². The molecule has 2 N–H and O–H groups in total. The summed E-state index contributed by atoms with van der Waals surface area (Å²) in [6.45, 7) is 4.94. The highest BCUT2D eigenvalue weighted by Gasteiger charge is 2.24. The number of phenolic OH excluding ortho intramolecular Hbond substituents is 1. The van der Waals surface area contributed by atoms with Crippen LogP contribution in [-0.2, 0) is 14.3 Å². The van der Waals surface area contributed by atoms with E-state index in [0.717, 1.165) is 11.1 Å². The Hall–Kier alpha value is -3.35. The first-order valence-corrected chi connectivity index (χ1v) is 8.79. The van der Waals surface area contributed by atoms with Gasteiger partial charge in [0.25, 0.3) is 5.91 Å². The number of anilines is 1. The Labute approximate surface area is 163 Å². The smallest absolute Gasteiger partial charge is 0.342 e. The Morgan fingerprint density at radius 3 is 2.29 bits per heavy atom. The lowest BCUT2D eigenvalue weighted by Crippen LogP contribution is -2.41. The first-order valence-electron chi connectivity index (χ1n) is 8.79. The standard InChI is InChI=1S/C21H24N2O5/c1-13-5-8-16(9-6-13)22-19(25)12-23(4)20(26)15(3)28-21(27)17-10-7-14(2)11-18(17)24/h5-11,15,24H,12H2,1-4H3,(H,22,25)/t15-/m1/s1. The zero-order chi connectivity index (χ0) is 20.8. The molecule has 0 aliphatic heterocycles. The van der Waals surface area contributed by atoms with Gasteiger partial charge in [-0.2, -0.15) is 0 Å². The number of amides is 2. The van der Waals surface area contributed by atoms with Gasteiger partial charge in [0.2, 0.25) is 5.91 Å². The van der Waals surface area contributed by atoms with Crippen LogP contribution in [0, 0.1) is 13.8 Å². The minimum Gasteiger partial charge on any atom is -0.507 e. The van der Waals surface area contributed by atoms with Crippen LogP contribution in [0.5, 0.6) is 5.75 Å². The van der Waals surface area contributed by atoms with Gasteiger partial charge in [-0.25, -0.2) is 4.79 Å². The number of nitrogens with zero attached hydrogens (tertiary/aromatic N) is 1. The van der Waals surface area contributed by atoms with Gasteiger partial charge in [0, 0.05) is 12.7 Å². The van der Waals surface area contributed by atoms with E-state index in [1.54, 1.807) is 25.1 Å². The molecule has 0 radical (unpaired) electrons. The van der Waals surface area contributed by atoms with Crippen LogP contribution in [0.25, 0.3) is 0 Å². The largest absolute Gasteiger partial charge is 0.507 e. The monoisotopic (exact) mass is 384 g/mol. The van der Waals surface area contributed by atoms with Crippen molar-refractivity contribution in [1.29, 1.82) is 0 Å². The second-order valence-electron chi connectivity index (χ2n) is 6.68. The zero-order valence-corrected chi connectivity index (χ0v) is 16.4. The lowest BCUT2D eigenvalue weighted by Gasteiger charge is -2.21. The number of carbonyl (C=O) groups is 3. The summed E-state index contributed by atoms with van der Waals surface area (Å²) in [5.74, 6) is -1.92. The van der Waals surface area contributed by atoms with Crippen LogP contribution in [0.4, 0.5) is 5.69 Å². The zero-order valence-electron chi connectivity index (χ0n) is 16.4. The van der Waals surface area contributed by atoms with Crippen molar-refractivity contribution in [3.63, 3.8) is 0 Å². The molecule has 2 amide bonds. The summed E-state index contributed by atoms with van der Waals surface area (Å²) in [5.41, 5.74) is 2.47. The molecule has 7 nitrogen and oxygen atoms in total. The van der Waals surface area contributed by atoms with Gasteiger partial charge in [-0.15, -0.1) is 0 Å². The van der Waals surface area contributed by atoms with Gasteiger partial charge < -0.3 is 20.1 Å². The number of rotatable bonds is 6. The van der Waals surface area contributed by atoms with Crippen LogP contribution in [0.1, 0.15) is 28.4 Å². The van der Waals surface area contributed by atoms with Gasteiger partial charge in [0.15, 0.2) is 6.10 Å². The molecular formula is C21H24N2O5. The van der Waals surface area contributed by atoms with Crippen molar-refractivity contribution in [2.75, 3.05) is 18.9 Å². The molecule has 0 aliphatic carbocycles. The number of aryl methyl sites for hydroxylation is 2. The summed E-state index contributed by atoms with van der Waals surface area (Å²) in [6, 6.07) is 11.8. The predicted octanol–water partition coefficient (Wildman–Crippen LogP) is 2.65. The average molecular weight is 384 g/mol. The van der Waals surface area contributed by atoms with E-state index in [4.69, 9.17) is 4.74 Å². The Kier molecular flexibility index (Phi) is 6.76. The molecule has 0 fully saturated rings. The third kappa shape index (κ3) is 5.57. The number of esters is 1. The molecule has 0 spiro atoms. The maximum absolute atomic E-state index is 12.4. The third-order valence-corrected chi connectivity index (χ3v) is 4.10. The van der Waals surface area contributed by atoms with Gasteiger partial charge in [-0.3, -0.25) is 9.59 Å².